The molecule has 130 valence electrons. The first-order valence-corrected chi connectivity index (χ1v) is 10.1. The molecule has 5 rings (SSSR count). The van der Waals surface area contributed by atoms with Crippen molar-refractivity contribution in [2.45, 2.75) is 5.41 Å². The van der Waals surface area contributed by atoms with Crippen LogP contribution in [-0.4, -0.2) is 0 Å². The Labute approximate surface area is 172 Å². The van der Waals surface area contributed by atoms with Crippen molar-refractivity contribution >= 4 is 27.5 Å². The average Bonchev–Trinajstić information content (AvgIpc) is 3.00. The van der Waals surface area contributed by atoms with E-state index in [-0.39, 0.29) is 5.41 Å². The van der Waals surface area contributed by atoms with Gasteiger partial charge in [-0.05, 0) is 57.6 Å². The summed E-state index contributed by atoms with van der Waals surface area (Å²) in [6, 6.07) is 34.3. The zero-order valence-corrected chi connectivity index (χ0v) is 16.8. The van der Waals surface area contributed by atoms with E-state index in [9.17, 15) is 0 Å². The maximum atomic E-state index is 6.45. The van der Waals surface area contributed by atoms with E-state index in [2.05, 4.69) is 101 Å². The van der Waals surface area contributed by atoms with Crippen LogP contribution in [0.2, 0.25) is 5.02 Å². The van der Waals surface area contributed by atoms with E-state index in [1.54, 1.807) is 0 Å². The molecule has 27 heavy (non-hydrogen) atoms. The maximum Gasteiger partial charge on any atom is 0.0714 e. The summed E-state index contributed by atoms with van der Waals surface area (Å²) in [4.78, 5) is 0. The predicted molar refractivity (Wildman–Crippen MR) is 116 cm³/mol. The summed E-state index contributed by atoms with van der Waals surface area (Å²) in [6.07, 6.45) is 0. The largest absolute Gasteiger partial charge is 0.0843 e. The topological polar surface area (TPSA) is 0 Å². The summed E-state index contributed by atoms with van der Waals surface area (Å²) in [6.45, 7) is 0. The summed E-state index contributed by atoms with van der Waals surface area (Å²) in [5, 5.41) is 0.753. The lowest BCUT2D eigenvalue weighted by Gasteiger charge is -2.34. The Hall–Kier alpha value is -2.35. The van der Waals surface area contributed by atoms with E-state index in [0.29, 0.717) is 0 Å². The Morgan fingerprint density at radius 3 is 1.74 bits per heavy atom. The SMILES string of the molecule is Clc1cccc(C2(c3cccc(Br)c3)c3ccccc3-c3ccccc32)c1. The number of benzene rings is 4. The molecule has 0 aromatic heterocycles. The molecule has 1 aliphatic rings. The van der Waals surface area contributed by atoms with Crippen LogP contribution in [0.1, 0.15) is 22.3 Å². The Morgan fingerprint density at radius 1 is 0.593 bits per heavy atom. The van der Waals surface area contributed by atoms with Gasteiger partial charge in [-0.1, -0.05) is 100 Å². The van der Waals surface area contributed by atoms with Crippen LogP contribution >= 0.6 is 27.5 Å². The zero-order valence-electron chi connectivity index (χ0n) is 14.5. The number of hydrogen-bond donors (Lipinski definition) is 0. The Kier molecular flexibility index (Phi) is 3.96. The molecule has 0 fully saturated rings. The van der Waals surface area contributed by atoms with Crippen molar-refractivity contribution in [3.8, 4) is 11.1 Å². The van der Waals surface area contributed by atoms with Gasteiger partial charge >= 0.3 is 0 Å². The van der Waals surface area contributed by atoms with E-state index < -0.39 is 0 Å². The molecule has 0 heterocycles. The number of fused-ring (bicyclic) bond motifs is 3. The Balaban J connectivity index is 1.98. The summed E-state index contributed by atoms with van der Waals surface area (Å²) in [7, 11) is 0. The molecule has 0 amide bonds. The minimum absolute atomic E-state index is 0.387. The number of halogens is 2. The third-order valence-corrected chi connectivity index (χ3v) is 6.20. The van der Waals surface area contributed by atoms with E-state index in [0.717, 1.165) is 9.50 Å². The van der Waals surface area contributed by atoms with Crippen LogP contribution in [0.3, 0.4) is 0 Å². The number of rotatable bonds is 2. The van der Waals surface area contributed by atoms with Gasteiger partial charge in [0, 0.05) is 9.50 Å². The summed E-state index contributed by atoms with van der Waals surface area (Å²) >= 11 is 10.1. The highest BCUT2D eigenvalue weighted by Crippen LogP contribution is 2.56. The molecular weight excluding hydrogens is 416 g/mol. The lowest BCUT2D eigenvalue weighted by Crippen LogP contribution is -2.28. The molecule has 4 aromatic rings. The van der Waals surface area contributed by atoms with Gasteiger partial charge in [0.1, 0.15) is 0 Å². The molecule has 4 aromatic carbocycles. The molecule has 0 N–H and O–H groups in total. The molecule has 1 aliphatic carbocycles. The fraction of sp³-hybridized carbons (Fsp3) is 0.0400. The van der Waals surface area contributed by atoms with Crippen molar-refractivity contribution in [2.24, 2.45) is 0 Å². The number of hydrogen-bond acceptors (Lipinski definition) is 0. The minimum Gasteiger partial charge on any atom is -0.0843 e. The van der Waals surface area contributed by atoms with E-state index in [4.69, 9.17) is 11.6 Å². The summed E-state index contributed by atoms with van der Waals surface area (Å²) < 4.78 is 1.07. The fourth-order valence-corrected chi connectivity index (χ4v) is 5.06. The fourth-order valence-electron chi connectivity index (χ4n) is 4.47. The first-order valence-electron chi connectivity index (χ1n) is 8.93. The minimum atomic E-state index is -0.387. The van der Waals surface area contributed by atoms with Crippen LogP contribution in [0.5, 0.6) is 0 Å². The first kappa shape index (κ1) is 16.8. The standard InChI is InChI=1S/C25H16BrCl/c26-19-9-5-7-17(15-19)25(18-8-6-10-20(27)16-18)23-13-3-1-11-21(23)22-12-2-4-14-24(22)25/h1-16H. The third kappa shape index (κ3) is 2.42. The summed E-state index contributed by atoms with van der Waals surface area (Å²) in [5.74, 6) is 0. The molecule has 0 radical (unpaired) electrons. The average molecular weight is 432 g/mol. The van der Waals surface area contributed by atoms with Crippen LogP contribution in [0.15, 0.2) is 102 Å². The van der Waals surface area contributed by atoms with Crippen LogP contribution in [0.4, 0.5) is 0 Å². The normalized spacial score (nSPS) is 13.9. The molecule has 0 aliphatic heterocycles. The molecule has 0 atom stereocenters. The van der Waals surface area contributed by atoms with Crippen LogP contribution in [-0.2, 0) is 5.41 Å². The van der Waals surface area contributed by atoms with E-state index >= 15 is 0 Å². The highest BCUT2D eigenvalue weighted by atomic mass is 79.9. The van der Waals surface area contributed by atoms with Crippen molar-refractivity contribution in [1.29, 1.82) is 0 Å². The third-order valence-electron chi connectivity index (χ3n) is 5.47. The van der Waals surface area contributed by atoms with Gasteiger partial charge in [-0.2, -0.15) is 0 Å². The lowest BCUT2D eigenvalue weighted by atomic mass is 9.68. The Morgan fingerprint density at radius 2 is 1.15 bits per heavy atom. The molecule has 0 nitrogen and oxygen atoms in total. The predicted octanol–water partition coefficient (Wildman–Crippen LogP) is 7.47. The van der Waals surface area contributed by atoms with Crippen molar-refractivity contribution in [1.82, 2.24) is 0 Å². The molecule has 0 unspecified atom stereocenters. The van der Waals surface area contributed by atoms with Crippen LogP contribution < -0.4 is 0 Å². The first-order chi connectivity index (χ1) is 13.2. The second-order valence-electron chi connectivity index (χ2n) is 6.86. The Bertz CT molecular complexity index is 1070. The van der Waals surface area contributed by atoms with E-state index in [1.807, 2.05) is 12.1 Å². The quantitative estimate of drug-likeness (QED) is 0.272. The van der Waals surface area contributed by atoms with Crippen molar-refractivity contribution in [3.63, 3.8) is 0 Å². The molecule has 0 spiro atoms. The van der Waals surface area contributed by atoms with Crippen molar-refractivity contribution in [2.75, 3.05) is 0 Å². The summed E-state index contributed by atoms with van der Waals surface area (Å²) in [5.41, 5.74) is 7.20. The van der Waals surface area contributed by atoms with Gasteiger partial charge in [-0.3, -0.25) is 0 Å². The van der Waals surface area contributed by atoms with Crippen molar-refractivity contribution < 1.29 is 0 Å². The monoisotopic (exact) mass is 430 g/mol. The molecule has 0 saturated carbocycles. The van der Waals surface area contributed by atoms with Gasteiger partial charge in [0.25, 0.3) is 0 Å². The van der Waals surface area contributed by atoms with Gasteiger partial charge in [-0.25, -0.2) is 0 Å². The van der Waals surface area contributed by atoms with Gasteiger partial charge < -0.3 is 0 Å². The molecular formula is C25H16BrCl. The molecule has 0 saturated heterocycles. The second-order valence-corrected chi connectivity index (χ2v) is 8.21. The molecule has 2 heteroatoms. The smallest absolute Gasteiger partial charge is 0.0714 e. The van der Waals surface area contributed by atoms with Crippen molar-refractivity contribution in [3.05, 3.63) is 129 Å². The lowest BCUT2D eigenvalue weighted by molar-refractivity contribution is 0.768. The highest BCUT2D eigenvalue weighted by Gasteiger charge is 2.45. The molecule has 0 bridgehead atoms. The van der Waals surface area contributed by atoms with E-state index in [1.165, 1.54) is 33.4 Å². The van der Waals surface area contributed by atoms with Crippen LogP contribution in [0.25, 0.3) is 11.1 Å². The second kappa shape index (κ2) is 6.37. The van der Waals surface area contributed by atoms with Gasteiger partial charge in [0.05, 0.1) is 5.41 Å². The van der Waals surface area contributed by atoms with Gasteiger partial charge in [0.15, 0.2) is 0 Å². The zero-order chi connectivity index (χ0) is 18.4. The highest BCUT2D eigenvalue weighted by molar-refractivity contribution is 9.10. The van der Waals surface area contributed by atoms with Gasteiger partial charge in [-0.15, -0.1) is 0 Å². The van der Waals surface area contributed by atoms with Gasteiger partial charge in [0.2, 0.25) is 0 Å². The maximum absolute atomic E-state index is 6.45. The van der Waals surface area contributed by atoms with Crippen LogP contribution in [0, 0.1) is 0 Å².